The number of anilines is 1. The Balaban J connectivity index is 1.67. The average molecular weight is 485 g/mol. The molecule has 1 saturated heterocycles. The Kier molecular flexibility index (Phi) is 7.80. The highest BCUT2D eigenvalue weighted by molar-refractivity contribution is 7.16. The van der Waals surface area contributed by atoms with E-state index in [0.717, 1.165) is 27.4 Å². The van der Waals surface area contributed by atoms with Gasteiger partial charge in [0.15, 0.2) is 5.76 Å². The van der Waals surface area contributed by atoms with Crippen LogP contribution in [0.2, 0.25) is 0 Å². The van der Waals surface area contributed by atoms with Crippen molar-refractivity contribution in [2.45, 2.75) is 39.2 Å². The Hall–Kier alpha value is -2.97. The standard InChI is InChI=1S/C26H29FN2O4S/c1-3-20-16-21(25(34-20)28-24(30)22-9-6-14-33-22)23(18-7-5-8-19(27)15-18)29-12-10-17(11-13-29)26(31)32-4-2/h5-9,14-17,23H,3-4,10-13H2,1-2H3,(H,28,30)/t23-/m1/s1. The second-order valence-corrected chi connectivity index (χ2v) is 9.44. The van der Waals surface area contributed by atoms with Gasteiger partial charge in [-0.3, -0.25) is 14.5 Å². The molecule has 34 heavy (non-hydrogen) atoms. The minimum absolute atomic E-state index is 0.129. The number of ether oxygens (including phenoxy) is 1. The first-order valence-electron chi connectivity index (χ1n) is 11.6. The summed E-state index contributed by atoms with van der Waals surface area (Å²) >= 11 is 1.52. The SMILES string of the molecule is CCOC(=O)C1CCN([C@H](c2cccc(F)c2)c2cc(CC)sc2NC(=O)c2ccco2)CC1. The first-order chi connectivity index (χ1) is 16.5. The van der Waals surface area contributed by atoms with Gasteiger partial charge in [0.1, 0.15) is 10.8 Å². The molecule has 1 amide bonds. The summed E-state index contributed by atoms with van der Waals surface area (Å²) in [7, 11) is 0. The number of aryl methyl sites for hydroxylation is 1. The number of esters is 1. The van der Waals surface area contributed by atoms with E-state index in [1.54, 1.807) is 24.3 Å². The Morgan fingerprint density at radius 2 is 2.00 bits per heavy atom. The van der Waals surface area contributed by atoms with E-state index >= 15 is 0 Å². The van der Waals surface area contributed by atoms with Crippen LogP contribution in [0.4, 0.5) is 9.39 Å². The van der Waals surface area contributed by atoms with E-state index in [0.29, 0.717) is 32.5 Å². The highest BCUT2D eigenvalue weighted by Gasteiger charge is 2.33. The number of halogens is 1. The minimum atomic E-state index is -0.324. The molecule has 0 saturated carbocycles. The average Bonchev–Trinajstić information content (AvgIpc) is 3.51. The predicted molar refractivity (Wildman–Crippen MR) is 130 cm³/mol. The van der Waals surface area contributed by atoms with E-state index in [1.165, 1.54) is 23.7 Å². The summed E-state index contributed by atoms with van der Waals surface area (Å²) in [5.74, 6) is -0.684. The zero-order valence-electron chi connectivity index (χ0n) is 19.4. The third-order valence-electron chi connectivity index (χ3n) is 6.11. The molecule has 3 heterocycles. The molecule has 0 spiro atoms. The van der Waals surface area contributed by atoms with Gasteiger partial charge >= 0.3 is 5.97 Å². The monoisotopic (exact) mass is 484 g/mol. The summed E-state index contributed by atoms with van der Waals surface area (Å²) in [6, 6.07) is 11.7. The number of amides is 1. The van der Waals surface area contributed by atoms with E-state index in [9.17, 15) is 14.0 Å². The number of carbonyl (C=O) groups is 2. The van der Waals surface area contributed by atoms with E-state index < -0.39 is 0 Å². The van der Waals surface area contributed by atoms with Gasteiger partial charge in [-0.25, -0.2) is 4.39 Å². The normalized spacial score (nSPS) is 15.7. The highest BCUT2D eigenvalue weighted by Crippen LogP contribution is 2.41. The Morgan fingerprint density at radius 1 is 1.21 bits per heavy atom. The van der Waals surface area contributed by atoms with Crippen molar-refractivity contribution < 1.29 is 23.1 Å². The molecule has 180 valence electrons. The predicted octanol–water partition coefficient (Wildman–Crippen LogP) is 5.66. The molecule has 4 rings (SSSR count). The van der Waals surface area contributed by atoms with Crippen molar-refractivity contribution >= 4 is 28.2 Å². The number of hydrogen-bond donors (Lipinski definition) is 1. The van der Waals surface area contributed by atoms with Crippen LogP contribution in [0.15, 0.2) is 53.1 Å². The molecular formula is C26H29FN2O4S. The fraction of sp³-hybridized carbons (Fsp3) is 0.385. The zero-order valence-corrected chi connectivity index (χ0v) is 20.2. The van der Waals surface area contributed by atoms with Crippen LogP contribution in [-0.2, 0) is 16.0 Å². The summed E-state index contributed by atoms with van der Waals surface area (Å²) in [5.41, 5.74) is 1.73. The van der Waals surface area contributed by atoms with Gasteiger partial charge in [0.05, 0.1) is 24.8 Å². The molecule has 8 heteroatoms. The summed E-state index contributed by atoms with van der Waals surface area (Å²) in [5, 5.41) is 3.73. The van der Waals surface area contributed by atoms with Gasteiger partial charge in [-0.1, -0.05) is 19.1 Å². The summed E-state index contributed by atoms with van der Waals surface area (Å²) < 4.78 is 24.7. The number of piperidine rings is 1. The van der Waals surface area contributed by atoms with Crippen molar-refractivity contribution in [3.05, 3.63) is 76.3 Å². The molecule has 3 aromatic rings. The zero-order chi connectivity index (χ0) is 24.1. The van der Waals surface area contributed by atoms with E-state index in [2.05, 4.69) is 23.2 Å². The molecule has 1 aromatic carbocycles. The quantitative estimate of drug-likeness (QED) is 0.418. The summed E-state index contributed by atoms with van der Waals surface area (Å²) in [4.78, 5) is 28.4. The number of thiophene rings is 1. The summed E-state index contributed by atoms with van der Waals surface area (Å²) in [6.07, 6.45) is 3.62. The molecule has 1 N–H and O–H groups in total. The molecular weight excluding hydrogens is 455 g/mol. The molecule has 0 bridgehead atoms. The number of nitrogens with one attached hydrogen (secondary N) is 1. The maximum absolute atomic E-state index is 14.3. The van der Waals surface area contributed by atoms with Crippen molar-refractivity contribution in [3.63, 3.8) is 0 Å². The third-order valence-corrected chi connectivity index (χ3v) is 7.32. The van der Waals surface area contributed by atoms with Gasteiger partial charge in [0, 0.05) is 10.4 Å². The number of likely N-dealkylation sites (tertiary alicyclic amines) is 1. The van der Waals surface area contributed by atoms with Crippen molar-refractivity contribution in [3.8, 4) is 0 Å². The molecule has 0 unspecified atom stereocenters. The van der Waals surface area contributed by atoms with Crippen LogP contribution < -0.4 is 5.32 Å². The van der Waals surface area contributed by atoms with Gasteiger partial charge in [0.25, 0.3) is 5.91 Å². The molecule has 0 radical (unpaired) electrons. The van der Waals surface area contributed by atoms with Crippen LogP contribution >= 0.6 is 11.3 Å². The first-order valence-corrected chi connectivity index (χ1v) is 12.4. The van der Waals surface area contributed by atoms with Crippen LogP contribution in [-0.4, -0.2) is 36.5 Å². The number of furan rings is 1. The van der Waals surface area contributed by atoms with Gasteiger partial charge < -0.3 is 14.5 Å². The Labute approximate surface area is 202 Å². The molecule has 6 nitrogen and oxygen atoms in total. The van der Waals surface area contributed by atoms with Crippen molar-refractivity contribution in [2.24, 2.45) is 5.92 Å². The Bertz CT molecular complexity index is 1120. The van der Waals surface area contributed by atoms with E-state index in [-0.39, 0.29) is 35.4 Å². The van der Waals surface area contributed by atoms with Crippen LogP contribution in [0.3, 0.4) is 0 Å². The smallest absolute Gasteiger partial charge is 0.309 e. The number of carbonyl (C=O) groups excluding carboxylic acids is 2. The molecule has 0 aliphatic carbocycles. The lowest BCUT2D eigenvalue weighted by atomic mass is 9.91. The third kappa shape index (κ3) is 5.39. The molecule has 1 atom stereocenters. The lowest BCUT2D eigenvalue weighted by Crippen LogP contribution is -2.39. The lowest BCUT2D eigenvalue weighted by molar-refractivity contribution is -0.149. The van der Waals surface area contributed by atoms with Gasteiger partial charge in [0.2, 0.25) is 0 Å². The van der Waals surface area contributed by atoms with E-state index in [4.69, 9.17) is 9.15 Å². The minimum Gasteiger partial charge on any atom is -0.466 e. The van der Waals surface area contributed by atoms with Gasteiger partial charge in [-0.05, 0) is 75.2 Å². The molecule has 1 aliphatic rings. The maximum atomic E-state index is 14.3. The topological polar surface area (TPSA) is 71.8 Å². The van der Waals surface area contributed by atoms with E-state index in [1.807, 2.05) is 13.0 Å². The second-order valence-electron chi connectivity index (χ2n) is 8.30. The largest absolute Gasteiger partial charge is 0.466 e. The lowest BCUT2D eigenvalue weighted by Gasteiger charge is -2.37. The van der Waals surface area contributed by atoms with Crippen LogP contribution in [0.25, 0.3) is 0 Å². The molecule has 2 aromatic heterocycles. The second kappa shape index (κ2) is 11.0. The number of nitrogens with zero attached hydrogens (tertiary/aromatic N) is 1. The number of hydrogen-bond acceptors (Lipinski definition) is 6. The van der Waals surface area contributed by atoms with Crippen molar-refractivity contribution in [1.82, 2.24) is 4.90 Å². The number of rotatable bonds is 8. The van der Waals surface area contributed by atoms with Crippen LogP contribution in [0, 0.1) is 11.7 Å². The number of benzene rings is 1. The maximum Gasteiger partial charge on any atom is 0.309 e. The van der Waals surface area contributed by atoms with Crippen LogP contribution in [0.5, 0.6) is 0 Å². The van der Waals surface area contributed by atoms with Crippen LogP contribution in [0.1, 0.15) is 59.3 Å². The Morgan fingerprint density at radius 3 is 2.65 bits per heavy atom. The fourth-order valence-electron chi connectivity index (χ4n) is 4.42. The van der Waals surface area contributed by atoms with Crippen molar-refractivity contribution in [2.75, 3.05) is 25.0 Å². The summed E-state index contributed by atoms with van der Waals surface area (Å²) in [6.45, 7) is 5.57. The highest BCUT2D eigenvalue weighted by atomic mass is 32.1. The first kappa shape index (κ1) is 24.2. The fourth-order valence-corrected chi connectivity index (χ4v) is 5.45. The molecule has 1 aliphatic heterocycles. The van der Waals surface area contributed by atoms with Gasteiger partial charge in [-0.15, -0.1) is 11.3 Å². The van der Waals surface area contributed by atoms with Crippen molar-refractivity contribution in [1.29, 1.82) is 0 Å². The van der Waals surface area contributed by atoms with Gasteiger partial charge in [-0.2, -0.15) is 0 Å². The molecule has 1 fully saturated rings.